The Bertz CT molecular complexity index is 1450. The zero-order valence-corrected chi connectivity index (χ0v) is 22.0. The Morgan fingerprint density at radius 3 is 2.39 bits per heavy atom. The van der Waals surface area contributed by atoms with Gasteiger partial charge in [0, 0.05) is 22.0 Å². The Morgan fingerprint density at radius 2 is 1.79 bits per heavy atom. The molecule has 200 valence electrons. The Kier molecular flexibility index (Phi) is 6.69. The molecule has 0 spiro atoms. The van der Waals surface area contributed by atoms with E-state index in [9.17, 15) is 26.7 Å². The Labute approximate surface area is 227 Å². The van der Waals surface area contributed by atoms with E-state index in [0.717, 1.165) is 18.2 Å². The van der Waals surface area contributed by atoms with Crippen molar-refractivity contribution in [2.45, 2.75) is 37.0 Å². The summed E-state index contributed by atoms with van der Waals surface area (Å²) in [6, 6.07) is 4.91. The van der Waals surface area contributed by atoms with Gasteiger partial charge in [0.05, 0.1) is 17.7 Å². The summed E-state index contributed by atoms with van der Waals surface area (Å²) in [5, 5.41) is 5.90. The molecule has 1 amide bonds. The van der Waals surface area contributed by atoms with Crippen LogP contribution in [0.1, 0.15) is 40.2 Å². The predicted octanol–water partition coefficient (Wildman–Crippen LogP) is 6.58. The highest BCUT2D eigenvalue weighted by molar-refractivity contribution is 9.11. The van der Waals surface area contributed by atoms with Crippen LogP contribution in [0.4, 0.5) is 30.7 Å². The molecule has 3 atom stereocenters. The van der Waals surface area contributed by atoms with Crippen molar-refractivity contribution in [3.05, 3.63) is 91.4 Å². The maximum atomic E-state index is 15.0. The van der Waals surface area contributed by atoms with Gasteiger partial charge in [-0.05, 0) is 68.1 Å². The van der Waals surface area contributed by atoms with Crippen LogP contribution in [0.15, 0.2) is 51.6 Å². The van der Waals surface area contributed by atoms with Gasteiger partial charge < -0.3 is 5.32 Å². The minimum Gasteiger partial charge on any atom is -0.346 e. The molecule has 5 nitrogen and oxygen atoms in total. The third-order valence-corrected chi connectivity index (χ3v) is 7.51. The van der Waals surface area contributed by atoms with Crippen LogP contribution in [0.5, 0.6) is 0 Å². The number of aromatic nitrogens is 3. The maximum Gasteiger partial charge on any atom is 0.435 e. The van der Waals surface area contributed by atoms with Crippen molar-refractivity contribution in [3.8, 4) is 0 Å². The summed E-state index contributed by atoms with van der Waals surface area (Å²) >= 11 is 6.50. The summed E-state index contributed by atoms with van der Waals surface area (Å²) < 4.78 is 99.8. The van der Waals surface area contributed by atoms with E-state index >= 15 is 8.78 Å². The van der Waals surface area contributed by atoms with E-state index in [-0.39, 0.29) is 17.7 Å². The summed E-state index contributed by atoms with van der Waals surface area (Å²) in [7, 11) is 0. The lowest BCUT2D eigenvalue weighted by atomic mass is 9.81. The third-order valence-electron chi connectivity index (χ3n) is 6.40. The molecule has 5 rings (SSSR count). The number of alkyl halides is 5. The number of pyridine rings is 1. The van der Waals surface area contributed by atoms with Crippen LogP contribution in [-0.4, -0.2) is 20.7 Å². The van der Waals surface area contributed by atoms with Crippen molar-refractivity contribution in [1.29, 1.82) is 0 Å². The van der Waals surface area contributed by atoms with E-state index in [2.05, 4.69) is 47.3 Å². The maximum absolute atomic E-state index is 15.0. The van der Waals surface area contributed by atoms with Crippen molar-refractivity contribution < 1.29 is 35.5 Å². The minimum absolute atomic E-state index is 0.148. The second-order valence-electron chi connectivity index (χ2n) is 8.93. The number of nitrogens with zero attached hydrogens (tertiary/aromatic N) is 3. The molecule has 0 bridgehead atoms. The first-order valence-electron chi connectivity index (χ1n) is 11.1. The number of allylic oxidation sites excluding steroid dienone is 2. The van der Waals surface area contributed by atoms with Gasteiger partial charge in [-0.3, -0.25) is 9.48 Å². The molecule has 1 aromatic carbocycles. The molecule has 2 heterocycles. The first kappa shape index (κ1) is 26.9. The summed E-state index contributed by atoms with van der Waals surface area (Å²) in [6.07, 6.45) is -2.77. The van der Waals surface area contributed by atoms with Crippen LogP contribution < -0.4 is 5.32 Å². The third kappa shape index (κ3) is 4.76. The lowest BCUT2D eigenvalue weighted by molar-refractivity contribution is -0.142. The molecule has 0 aliphatic heterocycles. The van der Waals surface area contributed by atoms with Crippen LogP contribution in [0.3, 0.4) is 0 Å². The van der Waals surface area contributed by atoms with Crippen molar-refractivity contribution in [3.63, 3.8) is 0 Å². The first-order chi connectivity index (χ1) is 17.8. The van der Waals surface area contributed by atoms with Gasteiger partial charge in [0.15, 0.2) is 5.69 Å². The Morgan fingerprint density at radius 1 is 1.11 bits per heavy atom. The zero-order valence-electron chi connectivity index (χ0n) is 18.8. The van der Waals surface area contributed by atoms with Crippen molar-refractivity contribution in [1.82, 2.24) is 20.1 Å². The molecule has 2 aromatic heterocycles. The number of nitrogens with one attached hydrogen (secondary N) is 1. The number of carbonyl (C=O) groups excluding carboxylic acids is 1. The van der Waals surface area contributed by atoms with E-state index in [1.54, 1.807) is 12.1 Å². The number of halogens is 9. The van der Waals surface area contributed by atoms with Crippen LogP contribution in [0, 0.1) is 17.6 Å². The fraction of sp³-hybridized carbons (Fsp3) is 0.292. The lowest BCUT2D eigenvalue weighted by Crippen LogP contribution is -2.35. The van der Waals surface area contributed by atoms with Gasteiger partial charge in [-0.2, -0.15) is 27.1 Å². The molecular formula is C24H15Br2F7N4O. The van der Waals surface area contributed by atoms with Gasteiger partial charge in [-0.15, -0.1) is 0 Å². The molecule has 0 saturated carbocycles. The molecule has 0 radical (unpaired) electrons. The van der Waals surface area contributed by atoms with E-state index in [1.807, 2.05) is 0 Å². The van der Waals surface area contributed by atoms with Gasteiger partial charge in [-0.25, -0.2) is 13.8 Å². The van der Waals surface area contributed by atoms with Gasteiger partial charge >= 0.3 is 6.18 Å². The molecule has 2 aliphatic carbocycles. The van der Waals surface area contributed by atoms with Crippen LogP contribution >= 0.6 is 31.9 Å². The molecule has 0 unspecified atom stereocenters. The second-order valence-corrected chi connectivity index (χ2v) is 10.6. The smallest absolute Gasteiger partial charge is 0.346 e. The topological polar surface area (TPSA) is 59.8 Å². The quantitative estimate of drug-likeness (QED) is 0.184. The highest BCUT2D eigenvalue weighted by Gasteiger charge is 2.61. The van der Waals surface area contributed by atoms with E-state index < -0.39 is 71.0 Å². The SMILES string of the molecule is O=C(Cn1nc(C(F)(F)F)c2c1C(F)(F)[C@@H]1C=C[C@H]21)N[C@@H](Cc1cc(F)cc(F)c1)c1nc(Br)ccc1Br. The van der Waals surface area contributed by atoms with Gasteiger partial charge in [0.25, 0.3) is 5.92 Å². The molecule has 38 heavy (non-hydrogen) atoms. The summed E-state index contributed by atoms with van der Waals surface area (Å²) in [5.74, 6) is -8.91. The molecular weight excluding hydrogens is 653 g/mol. The second kappa shape index (κ2) is 9.47. The average molecular weight is 668 g/mol. The molecule has 0 saturated heterocycles. The molecule has 1 N–H and O–H groups in total. The predicted molar refractivity (Wildman–Crippen MR) is 127 cm³/mol. The van der Waals surface area contributed by atoms with E-state index in [0.29, 0.717) is 19.8 Å². The highest BCUT2D eigenvalue weighted by atomic mass is 79.9. The fourth-order valence-corrected chi connectivity index (χ4v) is 5.63. The van der Waals surface area contributed by atoms with Crippen molar-refractivity contribution in [2.75, 3.05) is 0 Å². The van der Waals surface area contributed by atoms with Crippen LogP contribution in [0.2, 0.25) is 0 Å². The Balaban J connectivity index is 1.48. The van der Waals surface area contributed by atoms with Gasteiger partial charge in [0.2, 0.25) is 5.91 Å². The number of hydrogen-bond acceptors (Lipinski definition) is 3. The van der Waals surface area contributed by atoms with Crippen LogP contribution in [-0.2, 0) is 29.9 Å². The van der Waals surface area contributed by atoms with Crippen LogP contribution in [0.25, 0.3) is 0 Å². The molecule has 14 heteroatoms. The minimum atomic E-state index is -5.00. The molecule has 0 fully saturated rings. The number of fused-ring (bicyclic) bond motifs is 3. The molecule has 3 aromatic rings. The summed E-state index contributed by atoms with van der Waals surface area (Å²) in [4.78, 5) is 17.3. The Hall–Kier alpha value is -2.74. The lowest BCUT2D eigenvalue weighted by Gasteiger charge is -2.27. The summed E-state index contributed by atoms with van der Waals surface area (Å²) in [5.41, 5.74) is -2.67. The zero-order chi connectivity index (χ0) is 27.6. The standard InChI is InChI=1S/C24H15Br2F7N4O/c25-15-3-4-17(26)35-20(15)16(7-10-5-11(27)8-12(28)6-10)34-18(38)9-37-22-19(21(36-37)24(31,32)33)13-1-2-14(13)23(22,29)30/h1-6,8,13-14,16H,7,9H2,(H,34,38)/t13-,14+,16-/m0/s1. The largest absolute Gasteiger partial charge is 0.435 e. The van der Waals surface area contributed by atoms with Crippen molar-refractivity contribution in [2.24, 2.45) is 5.92 Å². The fourth-order valence-electron chi connectivity index (χ4n) is 4.81. The van der Waals surface area contributed by atoms with E-state index in [1.165, 1.54) is 6.08 Å². The van der Waals surface area contributed by atoms with Gasteiger partial charge in [0.1, 0.15) is 28.5 Å². The number of amides is 1. The van der Waals surface area contributed by atoms with Gasteiger partial charge in [-0.1, -0.05) is 12.2 Å². The normalized spacial score (nSPS) is 20.0. The first-order valence-corrected chi connectivity index (χ1v) is 12.6. The summed E-state index contributed by atoms with van der Waals surface area (Å²) in [6.45, 7) is -0.951. The van der Waals surface area contributed by atoms with Crippen molar-refractivity contribution >= 4 is 37.8 Å². The molecule has 2 aliphatic rings. The average Bonchev–Trinajstić information content (AvgIpc) is 3.19. The highest BCUT2D eigenvalue weighted by Crippen LogP contribution is 2.60. The monoisotopic (exact) mass is 666 g/mol. The number of hydrogen-bond donors (Lipinski definition) is 1. The van der Waals surface area contributed by atoms with E-state index in [4.69, 9.17) is 0 Å². The number of rotatable bonds is 6. The number of carbonyl (C=O) groups is 1. The number of benzene rings is 1.